The fraction of sp³-hybridized carbons (Fsp3) is 1.00. The van der Waals surface area contributed by atoms with Crippen LogP contribution in [0.25, 0.3) is 0 Å². The molecule has 0 saturated carbocycles. The first-order valence-electron chi connectivity index (χ1n) is 6.34. The van der Waals surface area contributed by atoms with E-state index in [4.69, 9.17) is 4.74 Å². The highest BCUT2D eigenvalue weighted by Gasteiger charge is 2.53. The van der Waals surface area contributed by atoms with Crippen LogP contribution in [0, 0.1) is 0 Å². The van der Waals surface area contributed by atoms with Crippen molar-refractivity contribution < 1.29 is 9.84 Å². The van der Waals surface area contributed by atoms with Crippen molar-refractivity contribution in [3.05, 3.63) is 0 Å². The van der Waals surface area contributed by atoms with Gasteiger partial charge in [0.1, 0.15) is 0 Å². The molecule has 2 unspecified atom stereocenters. The number of ether oxygens (including phenoxy) is 1. The summed E-state index contributed by atoms with van der Waals surface area (Å²) in [7, 11) is 0. The minimum absolute atomic E-state index is 0.0859. The Hall–Kier alpha value is -0.120. The number of fused-ring (bicyclic) bond motifs is 1. The van der Waals surface area contributed by atoms with Crippen molar-refractivity contribution in [2.24, 2.45) is 0 Å². The van der Waals surface area contributed by atoms with E-state index >= 15 is 0 Å². The molecule has 2 heterocycles. The van der Waals surface area contributed by atoms with Gasteiger partial charge in [0, 0.05) is 12.1 Å². The third-order valence-electron chi connectivity index (χ3n) is 3.76. The van der Waals surface area contributed by atoms with Crippen molar-refractivity contribution in [3.63, 3.8) is 0 Å². The Labute approximate surface area is 98.8 Å². The second kappa shape index (κ2) is 3.69. The molecule has 2 aliphatic rings. The van der Waals surface area contributed by atoms with E-state index in [1.165, 1.54) is 12.8 Å². The van der Waals surface area contributed by atoms with Crippen LogP contribution in [-0.4, -0.2) is 46.4 Å². The number of hydrogen-bond donors (Lipinski definition) is 1. The highest BCUT2D eigenvalue weighted by molar-refractivity contribution is 5.08. The molecule has 1 N–H and O–H groups in total. The minimum atomic E-state index is -0.526. The molecule has 3 heteroatoms. The first kappa shape index (κ1) is 12.3. The Morgan fingerprint density at radius 2 is 2.06 bits per heavy atom. The molecule has 16 heavy (non-hydrogen) atoms. The number of β-amino-alcohol motifs (C(OH)–C–C–N with tert-alkyl or cyclic N) is 1. The molecule has 0 aromatic rings. The van der Waals surface area contributed by atoms with Crippen LogP contribution >= 0.6 is 0 Å². The van der Waals surface area contributed by atoms with E-state index < -0.39 is 5.60 Å². The second-order valence-electron chi connectivity index (χ2n) is 6.82. The summed E-state index contributed by atoms with van der Waals surface area (Å²) < 4.78 is 5.96. The first-order chi connectivity index (χ1) is 7.23. The van der Waals surface area contributed by atoms with E-state index in [1.807, 2.05) is 6.92 Å². The highest BCUT2D eigenvalue weighted by atomic mass is 16.5. The predicted molar refractivity (Wildman–Crippen MR) is 64.5 cm³/mol. The molecule has 2 atom stereocenters. The summed E-state index contributed by atoms with van der Waals surface area (Å²) in [5.41, 5.74) is -0.504. The number of hydrogen-bond acceptors (Lipinski definition) is 3. The first-order valence-corrected chi connectivity index (χ1v) is 6.34. The monoisotopic (exact) mass is 227 g/mol. The Balaban J connectivity index is 2.05. The summed E-state index contributed by atoms with van der Waals surface area (Å²) in [4.78, 5) is 2.43. The smallest absolute Gasteiger partial charge is 0.0764 e. The maximum Gasteiger partial charge on any atom is 0.0764 e. The van der Waals surface area contributed by atoms with Crippen LogP contribution in [0.3, 0.4) is 0 Å². The standard InChI is InChI=1S/C13H25NO2/c1-11(2,3)16-10-13-6-5-7-14(13)9-12(4,15)8-13/h15H,5-10H2,1-4H3. The van der Waals surface area contributed by atoms with Gasteiger partial charge in [0.15, 0.2) is 0 Å². The largest absolute Gasteiger partial charge is 0.389 e. The lowest BCUT2D eigenvalue weighted by Gasteiger charge is -2.34. The van der Waals surface area contributed by atoms with Crippen molar-refractivity contribution in [1.82, 2.24) is 4.90 Å². The van der Waals surface area contributed by atoms with Gasteiger partial charge in [0.05, 0.1) is 17.8 Å². The van der Waals surface area contributed by atoms with Crippen LogP contribution < -0.4 is 0 Å². The molecule has 0 aliphatic carbocycles. The molecule has 0 bridgehead atoms. The normalized spacial score (nSPS) is 40.3. The van der Waals surface area contributed by atoms with Crippen LogP contribution in [-0.2, 0) is 4.74 Å². The van der Waals surface area contributed by atoms with Crippen LogP contribution in [0.15, 0.2) is 0 Å². The van der Waals surface area contributed by atoms with Crippen LogP contribution in [0.1, 0.15) is 47.0 Å². The lowest BCUT2D eigenvalue weighted by molar-refractivity contribution is -0.0538. The van der Waals surface area contributed by atoms with E-state index in [9.17, 15) is 5.11 Å². The Kier molecular flexibility index (Phi) is 2.84. The molecular formula is C13H25NO2. The van der Waals surface area contributed by atoms with E-state index in [1.54, 1.807) is 0 Å². The highest BCUT2D eigenvalue weighted by Crippen LogP contribution is 2.43. The molecule has 2 aliphatic heterocycles. The number of nitrogens with zero attached hydrogens (tertiary/aromatic N) is 1. The summed E-state index contributed by atoms with van der Waals surface area (Å²) in [6.07, 6.45) is 3.26. The van der Waals surface area contributed by atoms with E-state index in [0.29, 0.717) is 0 Å². The lowest BCUT2D eigenvalue weighted by Crippen LogP contribution is -2.44. The van der Waals surface area contributed by atoms with Gasteiger partial charge in [-0.3, -0.25) is 4.90 Å². The summed E-state index contributed by atoms with van der Waals surface area (Å²) in [5.74, 6) is 0. The summed E-state index contributed by atoms with van der Waals surface area (Å²) in [6, 6.07) is 0. The molecule has 0 spiro atoms. The van der Waals surface area contributed by atoms with Gasteiger partial charge >= 0.3 is 0 Å². The van der Waals surface area contributed by atoms with Crippen molar-refractivity contribution in [1.29, 1.82) is 0 Å². The van der Waals surface area contributed by atoms with Gasteiger partial charge in [-0.05, 0) is 53.5 Å². The summed E-state index contributed by atoms with van der Waals surface area (Å²) in [6.45, 7) is 10.9. The fourth-order valence-electron chi connectivity index (χ4n) is 3.18. The molecule has 0 aromatic heterocycles. The lowest BCUT2D eigenvalue weighted by atomic mass is 9.89. The van der Waals surface area contributed by atoms with Crippen molar-refractivity contribution in [3.8, 4) is 0 Å². The second-order valence-corrected chi connectivity index (χ2v) is 6.82. The average molecular weight is 227 g/mol. The predicted octanol–water partition coefficient (Wildman–Crippen LogP) is 1.79. The molecule has 2 fully saturated rings. The Morgan fingerprint density at radius 1 is 1.38 bits per heavy atom. The van der Waals surface area contributed by atoms with Gasteiger partial charge < -0.3 is 9.84 Å². The van der Waals surface area contributed by atoms with Crippen molar-refractivity contribution >= 4 is 0 Å². The maximum absolute atomic E-state index is 10.2. The van der Waals surface area contributed by atoms with Gasteiger partial charge in [-0.15, -0.1) is 0 Å². The Morgan fingerprint density at radius 3 is 2.69 bits per heavy atom. The molecular weight excluding hydrogens is 202 g/mol. The average Bonchev–Trinajstić information content (AvgIpc) is 2.52. The van der Waals surface area contributed by atoms with Gasteiger partial charge in [0.25, 0.3) is 0 Å². The SMILES string of the molecule is CC1(O)CN2CCCC2(COC(C)(C)C)C1. The topological polar surface area (TPSA) is 32.7 Å². The quantitative estimate of drug-likeness (QED) is 0.780. The maximum atomic E-state index is 10.2. The van der Waals surface area contributed by atoms with Crippen LogP contribution in [0.5, 0.6) is 0 Å². The molecule has 94 valence electrons. The Bertz CT molecular complexity index is 270. The zero-order valence-electron chi connectivity index (χ0n) is 11.0. The van der Waals surface area contributed by atoms with Crippen molar-refractivity contribution in [2.75, 3.05) is 19.7 Å². The summed E-state index contributed by atoms with van der Waals surface area (Å²) >= 11 is 0. The van der Waals surface area contributed by atoms with E-state index in [0.717, 1.165) is 26.1 Å². The molecule has 0 radical (unpaired) electrons. The molecule has 0 aromatic carbocycles. The number of rotatable bonds is 2. The fourth-order valence-corrected chi connectivity index (χ4v) is 3.18. The minimum Gasteiger partial charge on any atom is -0.389 e. The zero-order valence-corrected chi connectivity index (χ0v) is 11.0. The van der Waals surface area contributed by atoms with Gasteiger partial charge in [-0.1, -0.05) is 0 Å². The van der Waals surface area contributed by atoms with E-state index in [-0.39, 0.29) is 11.1 Å². The molecule has 2 rings (SSSR count). The number of aliphatic hydroxyl groups is 1. The molecule has 2 saturated heterocycles. The zero-order chi connectivity index (χ0) is 12.0. The third-order valence-corrected chi connectivity index (χ3v) is 3.76. The van der Waals surface area contributed by atoms with Crippen LogP contribution in [0.4, 0.5) is 0 Å². The van der Waals surface area contributed by atoms with Crippen molar-refractivity contribution in [2.45, 2.75) is 63.7 Å². The van der Waals surface area contributed by atoms with E-state index in [2.05, 4.69) is 25.7 Å². The summed E-state index contributed by atoms with van der Waals surface area (Å²) in [5, 5.41) is 10.2. The van der Waals surface area contributed by atoms with Crippen LogP contribution in [0.2, 0.25) is 0 Å². The third kappa shape index (κ3) is 2.41. The van der Waals surface area contributed by atoms with Gasteiger partial charge in [-0.25, -0.2) is 0 Å². The van der Waals surface area contributed by atoms with Gasteiger partial charge in [0.2, 0.25) is 0 Å². The molecule has 0 amide bonds. The van der Waals surface area contributed by atoms with Gasteiger partial charge in [-0.2, -0.15) is 0 Å². The molecule has 3 nitrogen and oxygen atoms in total.